The van der Waals surface area contributed by atoms with Gasteiger partial charge >= 0.3 is 0 Å². The number of benzene rings is 1. The molecule has 2 rings (SSSR count). The lowest BCUT2D eigenvalue weighted by Crippen LogP contribution is -2.17. The van der Waals surface area contributed by atoms with Gasteiger partial charge in [-0.1, -0.05) is 22.8 Å². The standard InChI is InChI=1S/C14H14ClFN4O/c15-11-5-9(1-2-12(11)16)7-18-8-10-3-4-19-13(6-10)14(17)20-21/h1-6,18,21H,7-8H2,(H2,17,20). The SMILES string of the molecule is NC(=NO)c1cc(CNCc2ccc(F)c(Cl)c2)ccn1. The van der Waals surface area contributed by atoms with Gasteiger partial charge < -0.3 is 16.3 Å². The quantitative estimate of drug-likeness (QED) is 0.342. The van der Waals surface area contributed by atoms with Crippen LogP contribution in [0.2, 0.25) is 5.02 Å². The molecule has 0 aliphatic rings. The van der Waals surface area contributed by atoms with Crippen molar-refractivity contribution in [3.05, 3.63) is 64.2 Å². The summed E-state index contributed by atoms with van der Waals surface area (Å²) in [6, 6.07) is 8.13. The molecule has 5 nitrogen and oxygen atoms in total. The molecule has 1 heterocycles. The van der Waals surface area contributed by atoms with E-state index in [9.17, 15) is 4.39 Å². The fraction of sp³-hybridized carbons (Fsp3) is 0.143. The summed E-state index contributed by atoms with van der Waals surface area (Å²) in [6.07, 6.45) is 1.58. The summed E-state index contributed by atoms with van der Waals surface area (Å²) in [6.45, 7) is 1.10. The van der Waals surface area contributed by atoms with Gasteiger partial charge in [-0.25, -0.2) is 4.39 Å². The predicted molar refractivity (Wildman–Crippen MR) is 78.7 cm³/mol. The lowest BCUT2D eigenvalue weighted by atomic mass is 10.2. The van der Waals surface area contributed by atoms with Gasteiger partial charge in [0.15, 0.2) is 5.84 Å². The first kappa shape index (κ1) is 15.2. The average Bonchev–Trinajstić information content (AvgIpc) is 2.50. The largest absolute Gasteiger partial charge is 0.409 e. The van der Waals surface area contributed by atoms with E-state index in [1.807, 2.05) is 6.07 Å². The molecule has 0 amide bonds. The first-order chi connectivity index (χ1) is 10.1. The van der Waals surface area contributed by atoms with Crippen LogP contribution in [0.5, 0.6) is 0 Å². The number of nitrogens with one attached hydrogen (secondary N) is 1. The van der Waals surface area contributed by atoms with Gasteiger partial charge in [0.05, 0.1) is 5.02 Å². The molecule has 0 bridgehead atoms. The Bertz CT molecular complexity index is 663. The highest BCUT2D eigenvalue weighted by Crippen LogP contribution is 2.15. The second-order valence-corrected chi connectivity index (χ2v) is 4.79. The van der Waals surface area contributed by atoms with Gasteiger partial charge in [-0.15, -0.1) is 0 Å². The van der Waals surface area contributed by atoms with E-state index in [1.54, 1.807) is 24.4 Å². The van der Waals surface area contributed by atoms with Gasteiger partial charge in [0.1, 0.15) is 11.5 Å². The number of hydrogen-bond acceptors (Lipinski definition) is 4. The molecule has 0 atom stereocenters. The summed E-state index contributed by atoms with van der Waals surface area (Å²) in [5.41, 5.74) is 7.70. The van der Waals surface area contributed by atoms with E-state index in [0.717, 1.165) is 11.1 Å². The Balaban J connectivity index is 1.95. The monoisotopic (exact) mass is 308 g/mol. The maximum atomic E-state index is 13.0. The molecular formula is C14H14ClFN4O. The molecule has 0 spiro atoms. The van der Waals surface area contributed by atoms with E-state index >= 15 is 0 Å². The average molecular weight is 309 g/mol. The maximum absolute atomic E-state index is 13.0. The van der Waals surface area contributed by atoms with E-state index in [4.69, 9.17) is 22.5 Å². The van der Waals surface area contributed by atoms with Crippen LogP contribution in [0.15, 0.2) is 41.7 Å². The fourth-order valence-corrected chi connectivity index (χ4v) is 1.98. The molecule has 0 radical (unpaired) electrons. The van der Waals surface area contributed by atoms with Gasteiger partial charge in [-0.2, -0.15) is 0 Å². The molecule has 0 unspecified atom stereocenters. The van der Waals surface area contributed by atoms with E-state index in [0.29, 0.717) is 18.8 Å². The van der Waals surface area contributed by atoms with Gasteiger partial charge in [-0.3, -0.25) is 4.98 Å². The van der Waals surface area contributed by atoms with Crippen molar-refractivity contribution in [3.8, 4) is 0 Å². The van der Waals surface area contributed by atoms with Crippen molar-refractivity contribution in [3.63, 3.8) is 0 Å². The molecule has 1 aromatic carbocycles. The zero-order valence-corrected chi connectivity index (χ0v) is 11.8. The number of oxime groups is 1. The van der Waals surface area contributed by atoms with Gasteiger partial charge in [-0.05, 0) is 35.4 Å². The van der Waals surface area contributed by atoms with Crippen LogP contribution in [0, 0.1) is 5.82 Å². The highest BCUT2D eigenvalue weighted by atomic mass is 35.5. The number of pyridine rings is 1. The van der Waals surface area contributed by atoms with Crippen molar-refractivity contribution in [2.24, 2.45) is 10.9 Å². The number of amidine groups is 1. The molecule has 21 heavy (non-hydrogen) atoms. The fourth-order valence-electron chi connectivity index (χ4n) is 1.78. The second kappa shape index (κ2) is 7.01. The summed E-state index contributed by atoms with van der Waals surface area (Å²) in [7, 11) is 0. The van der Waals surface area contributed by atoms with Crippen molar-refractivity contribution in [2.75, 3.05) is 0 Å². The summed E-state index contributed by atoms with van der Waals surface area (Å²) < 4.78 is 13.0. The van der Waals surface area contributed by atoms with Gasteiger partial charge in [0.2, 0.25) is 0 Å². The molecule has 0 saturated carbocycles. The first-order valence-electron chi connectivity index (χ1n) is 6.17. The second-order valence-electron chi connectivity index (χ2n) is 4.39. The third kappa shape index (κ3) is 4.14. The molecule has 0 saturated heterocycles. The van der Waals surface area contributed by atoms with Gasteiger partial charge in [0, 0.05) is 19.3 Å². The van der Waals surface area contributed by atoms with E-state index < -0.39 is 5.82 Å². The Hall–Kier alpha value is -2.18. The van der Waals surface area contributed by atoms with Crippen molar-refractivity contribution in [1.29, 1.82) is 0 Å². The third-order valence-electron chi connectivity index (χ3n) is 2.84. The predicted octanol–water partition coefficient (Wildman–Crippen LogP) is 2.26. The molecule has 0 fully saturated rings. The van der Waals surface area contributed by atoms with Crippen LogP contribution in [0.4, 0.5) is 4.39 Å². The van der Waals surface area contributed by atoms with E-state index in [-0.39, 0.29) is 10.9 Å². The smallest absolute Gasteiger partial charge is 0.188 e. The number of rotatable bonds is 5. The third-order valence-corrected chi connectivity index (χ3v) is 3.13. The number of aromatic nitrogens is 1. The summed E-state index contributed by atoms with van der Waals surface area (Å²) in [5.74, 6) is -0.472. The molecule has 7 heteroatoms. The Labute approximate surface area is 126 Å². The summed E-state index contributed by atoms with van der Waals surface area (Å²) in [5, 5.41) is 14.8. The highest BCUT2D eigenvalue weighted by Gasteiger charge is 2.03. The van der Waals surface area contributed by atoms with Crippen LogP contribution in [0.1, 0.15) is 16.8 Å². The summed E-state index contributed by atoms with van der Waals surface area (Å²) >= 11 is 5.72. The van der Waals surface area contributed by atoms with Crippen molar-refractivity contribution in [2.45, 2.75) is 13.1 Å². The van der Waals surface area contributed by atoms with Gasteiger partial charge in [0.25, 0.3) is 0 Å². The molecule has 0 aliphatic heterocycles. The lowest BCUT2D eigenvalue weighted by Gasteiger charge is -2.07. The van der Waals surface area contributed by atoms with Crippen molar-refractivity contribution in [1.82, 2.24) is 10.3 Å². The molecule has 2 aromatic rings. The number of hydrogen-bond donors (Lipinski definition) is 3. The minimum atomic E-state index is -0.432. The molecule has 4 N–H and O–H groups in total. The zero-order valence-electron chi connectivity index (χ0n) is 11.1. The molecular weight excluding hydrogens is 295 g/mol. The number of nitrogens with zero attached hydrogens (tertiary/aromatic N) is 2. The van der Waals surface area contributed by atoms with Crippen LogP contribution >= 0.6 is 11.6 Å². The maximum Gasteiger partial charge on any atom is 0.188 e. The van der Waals surface area contributed by atoms with E-state index in [1.165, 1.54) is 6.07 Å². The first-order valence-corrected chi connectivity index (χ1v) is 6.55. The Kier molecular flexibility index (Phi) is 5.08. The van der Waals surface area contributed by atoms with Crippen molar-refractivity contribution < 1.29 is 9.60 Å². The Morgan fingerprint density at radius 1 is 1.29 bits per heavy atom. The molecule has 1 aromatic heterocycles. The van der Waals surface area contributed by atoms with Crippen LogP contribution in [-0.4, -0.2) is 16.0 Å². The van der Waals surface area contributed by atoms with Crippen LogP contribution in [0.25, 0.3) is 0 Å². The Morgan fingerprint density at radius 2 is 2.00 bits per heavy atom. The Morgan fingerprint density at radius 3 is 2.67 bits per heavy atom. The topological polar surface area (TPSA) is 83.5 Å². The molecule has 110 valence electrons. The summed E-state index contributed by atoms with van der Waals surface area (Å²) in [4.78, 5) is 4.00. The van der Waals surface area contributed by atoms with Crippen LogP contribution in [0.3, 0.4) is 0 Å². The highest BCUT2D eigenvalue weighted by molar-refractivity contribution is 6.30. The normalized spacial score (nSPS) is 11.6. The van der Waals surface area contributed by atoms with Crippen molar-refractivity contribution >= 4 is 17.4 Å². The number of nitrogens with two attached hydrogens (primary N) is 1. The minimum absolute atomic E-state index is 0.0397. The van der Waals surface area contributed by atoms with Crippen LogP contribution in [-0.2, 0) is 13.1 Å². The number of halogens is 2. The zero-order chi connectivity index (χ0) is 15.2. The molecule has 0 aliphatic carbocycles. The minimum Gasteiger partial charge on any atom is -0.409 e. The lowest BCUT2D eigenvalue weighted by molar-refractivity contribution is 0.318. The van der Waals surface area contributed by atoms with Crippen LogP contribution < -0.4 is 11.1 Å². The van der Waals surface area contributed by atoms with E-state index in [2.05, 4.69) is 15.5 Å².